The first-order chi connectivity index (χ1) is 10.8. The van der Waals surface area contributed by atoms with Crippen molar-refractivity contribution < 1.29 is 14.1 Å². The van der Waals surface area contributed by atoms with E-state index in [0.29, 0.717) is 32.5 Å². The molecule has 0 radical (unpaired) electrons. The summed E-state index contributed by atoms with van der Waals surface area (Å²) >= 11 is 0. The minimum absolute atomic E-state index is 0.165. The number of fused-ring (bicyclic) bond motifs is 1. The molecule has 1 aliphatic heterocycles. The molecular weight excluding hydrogens is 280 g/mol. The quantitative estimate of drug-likeness (QED) is 0.851. The highest BCUT2D eigenvalue weighted by atomic mass is 16.5. The van der Waals surface area contributed by atoms with Crippen LogP contribution in [0, 0.1) is 0 Å². The molecule has 1 aliphatic rings. The summed E-state index contributed by atoms with van der Waals surface area (Å²) in [4.78, 5) is 14.3. The van der Waals surface area contributed by atoms with Crippen molar-refractivity contribution in [2.45, 2.75) is 32.7 Å². The maximum absolute atomic E-state index is 12.4. The van der Waals surface area contributed by atoms with Crippen LogP contribution in [0.4, 0.5) is 0 Å². The molecule has 116 valence electrons. The molecule has 0 bridgehead atoms. The molecule has 0 N–H and O–H groups in total. The standard InChI is InChI=1S/C17H20N2O3/c1-2-21-15-6-4-3-5-13(15)7-8-17(20)19-10-9-16-14(12-19)11-18-22-16/h3-6,11H,2,7-10,12H2,1H3. The van der Waals surface area contributed by atoms with Crippen LogP contribution in [0.15, 0.2) is 35.0 Å². The molecule has 22 heavy (non-hydrogen) atoms. The largest absolute Gasteiger partial charge is 0.494 e. The number of hydrogen-bond donors (Lipinski definition) is 0. The van der Waals surface area contributed by atoms with Crippen LogP contribution in [0.1, 0.15) is 30.2 Å². The van der Waals surface area contributed by atoms with E-state index in [-0.39, 0.29) is 5.91 Å². The number of carbonyl (C=O) groups excluding carboxylic acids is 1. The number of rotatable bonds is 5. The smallest absolute Gasteiger partial charge is 0.223 e. The topological polar surface area (TPSA) is 55.6 Å². The van der Waals surface area contributed by atoms with E-state index in [0.717, 1.165) is 29.1 Å². The Hall–Kier alpha value is -2.30. The lowest BCUT2D eigenvalue weighted by atomic mass is 10.1. The number of carbonyl (C=O) groups is 1. The van der Waals surface area contributed by atoms with E-state index in [1.165, 1.54) is 0 Å². The maximum Gasteiger partial charge on any atom is 0.223 e. The number of amides is 1. The SMILES string of the molecule is CCOc1ccccc1CCC(=O)N1CCc2oncc2C1. The van der Waals surface area contributed by atoms with Crippen LogP contribution in [-0.2, 0) is 24.2 Å². The van der Waals surface area contributed by atoms with Gasteiger partial charge in [-0.25, -0.2) is 0 Å². The van der Waals surface area contributed by atoms with Gasteiger partial charge in [0, 0.05) is 24.9 Å². The van der Waals surface area contributed by atoms with E-state index in [2.05, 4.69) is 5.16 Å². The second kappa shape index (κ2) is 6.64. The molecule has 1 amide bonds. The minimum Gasteiger partial charge on any atom is -0.494 e. The molecule has 5 heteroatoms. The van der Waals surface area contributed by atoms with Gasteiger partial charge in [0.1, 0.15) is 11.5 Å². The van der Waals surface area contributed by atoms with E-state index in [1.54, 1.807) is 6.20 Å². The summed E-state index contributed by atoms with van der Waals surface area (Å²) in [6, 6.07) is 7.90. The molecule has 1 aromatic carbocycles. The zero-order valence-corrected chi connectivity index (χ0v) is 12.7. The molecule has 5 nitrogen and oxygen atoms in total. The van der Waals surface area contributed by atoms with Crippen molar-refractivity contribution in [3.63, 3.8) is 0 Å². The Labute approximate surface area is 129 Å². The van der Waals surface area contributed by atoms with Crippen LogP contribution in [0.5, 0.6) is 5.75 Å². The highest BCUT2D eigenvalue weighted by Gasteiger charge is 2.23. The fourth-order valence-corrected chi connectivity index (χ4v) is 2.76. The normalized spacial score (nSPS) is 13.8. The summed E-state index contributed by atoms with van der Waals surface area (Å²) in [5.41, 5.74) is 2.11. The number of aryl methyl sites for hydroxylation is 1. The van der Waals surface area contributed by atoms with Gasteiger partial charge in [-0.2, -0.15) is 0 Å². The molecule has 2 aromatic rings. The summed E-state index contributed by atoms with van der Waals surface area (Å²) in [5, 5.41) is 3.79. The average Bonchev–Trinajstić information content (AvgIpc) is 3.01. The van der Waals surface area contributed by atoms with Crippen molar-refractivity contribution in [2.24, 2.45) is 0 Å². The van der Waals surface area contributed by atoms with Crippen LogP contribution >= 0.6 is 0 Å². The van der Waals surface area contributed by atoms with Gasteiger partial charge in [-0.05, 0) is 25.0 Å². The maximum atomic E-state index is 12.4. The molecule has 0 unspecified atom stereocenters. The molecule has 0 atom stereocenters. The summed E-state index contributed by atoms with van der Waals surface area (Å²) in [7, 11) is 0. The highest BCUT2D eigenvalue weighted by molar-refractivity contribution is 5.76. The summed E-state index contributed by atoms with van der Waals surface area (Å²) in [6.45, 7) is 3.90. The third kappa shape index (κ3) is 3.13. The Kier molecular flexibility index (Phi) is 4.42. The average molecular weight is 300 g/mol. The second-order valence-electron chi connectivity index (χ2n) is 5.38. The molecule has 0 aliphatic carbocycles. The van der Waals surface area contributed by atoms with E-state index in [9.17, 15) is 4.79 Å². The van der Waals surface area contributed by atoms with Gasteiger partial charge in [0.2, 0.25) is 5.91 Å². The molecule has 0 fully saturated rings. The molecule has 0 saturated heterocycles. The predicted octanol–water partition coefficient (Wildman–Crippen LogP) is 2.59. The third-order valence-electron chi connectivity index (χ3n) is 3.93. The fourth-order valence-electron chi connectivity index (χ4n) is 2.76. The molecule has 0 spiro atoms. The van der Waals surface area contributed by atoms with Gasteiger partial charge in [-0.3, -0.25) is 4.79 Å². The number of para-hydroxylation sites is 1. The first kappa shape index (κ1) is 14.6. The van der Waals surface area contributed by atoms with Crippen molar-refractivity contribution in [2.75, 3.05) is 13.2 Å². The Morgan fingerprint density at radius 3 is 3.14 bits per heavy atom. The van der Waals surface area contributed by atoms with Crippen LogP contribution < -0.4 is 4.74 Å². The van der Waals surface area contributed by atoms with Gasteiger partial charge in [0.25, 0.3) is 0 Å². The van der Waals surface area contributed by atoms with Gasteiger partial charge >= 0.3 is 0 Å². The summed E-state index contributed by atoms with van der Waals surface area (Å²) in [5.74, 6) is 1.95. The molecule has 1 aromatic heterocycles. The summed E-state index contributed by atoms with van der Waals surface area (Å²) < 4.78 is 10.8. The van der Waals surface area contributed by atoms with Gasteiger partial charge in [-0.15, -0.1) is 0 Å². The van der Waals surface area contributed by atoms with Gasteiger partial charge in [0.15, 0.2) is 0 Å². The van der Waals surface area contributed by atoms with Crippen molar-refractivity contribution in [1.82, 2.24) is 10.1 Å². The van der Waals surface area contributed by atoms with Gasteiger partial charge < -0.3 is 14.2 Å². The first-order valence-corrected chi connectivity index (χ1v) is 7.69. The monoisotopic (exact) mass is 300 g/mol. The lowest BCUT2D eigenvalue weighted by Crippen LogP contribution is -2.35. The molecule has 3 rings (SSSR count). The molecular formula is C17H20N2O3. The zero-order valence-electron chi connectivity index (χ0n) is 12.7. The van der Waals surface area contributed by atoms with Crippen LogP contribution in [0.2, 0.25) is 0 Å². The van der Waals surface area contributed by atoms with Crippen molar-refractivity contribution in [3.05, 3.63) is 47.3 Å². The Balaban J connectivity index is 1.59. The number of hydrogen-bond acceptors (Lipinski definition) is 4. The predicted molar refractivity (Wildman–Crippen MR) is 81.6 cm³/mol. The van der Waals surface area contributed by atoms with Gasteiger partial charge in [0.05, 0.1) is 19.3 Å². The minimum atomic E-state index is 0.165. The van der Waals surface area contributed by atoms with Crippen LogP contribution in [0.25, 0.3) is 0 Å². The highest BCUT2D eigenvalue weighted by Crippen LogP contribution is 2.22. The number of nitrogens with zero attached hydrogens (tertiary/aromatic N) is 2. The lowest BCUT2D eigenvalue weighted by molar-refractivity contribution is -0.132. The number of ether oxygens (including phenoxy) is 1. The lowest BCUT2D eigenvalue weighted by Gasteiger charge is -2.25. The van der Waals surface area contributed by atoms with Crippen molar-refractivity contribution in [1.29, 1.82) is 0 Å². The number of aromatic nitrogens is 1. The van der Waals surface area contributed by atoms with E-state index in [4.69, 9.17) is 9.26 Å². The molecule has 2 heterocycles. The Bertz CT molecular complexity index is 651. The van der Waals surface area contributed by atoms with E-state index in [1.807, 2.05) is 36.1 Å². The zero-order chi connectivity index (χ0) is 15.4. The Morgan fingerprint density at radius 1 is 1.41 bits per heavy atom. The third-order valence-corrected chi connectivity index (χ3v) is 3.93. The number of benzene rings is 1. The second-order valence-corrected chi connectivity index (χ2v) is 5.38. The molecule has 0 saturated carbocycles. The van der Waals surface area contributed by atoms with E-state index < -0.39 is 0 Å². The van der Waals surface area contributed by atoms with Crippen LogP contribution in [-0.4, -0.2) is 29.1 Å². The first-order valence-electron chi connectivity index (χ1n) is 7.69. The Morgan fingerprint density at radius 2 is 2.27 bits per heavy atom. The van der Waals surface area contributed by atoms with Crippen LogP contribution in [0.3, 0.4) is 0 Å². The summed E-state index contributed by atoms with van der Waals surface area (Å²) in [6.07, 6.45) is 3.64. The van der Waals surface area contributed by atoms with Crippen molar-refractivity contribution >= 4 is 5.91 Å². The fraction of sp³-hybridized carbons (Fsp3) is 0.412. The van der Waals surface area contributed by atoms with Gasteiger partial charge in [-0.1, -0.05) is 23.4 Å². The van der Waals surface area contributed by atoms with E-state index >= 15 is 0 Å². The van der Waals surface area contributed by atoms with Crippen molar-refractivity contribution in [3.8, 4) is 5.75 Å².